The molecule has 4 heteroatoms. The van der Waals surface area contributed by atoms with Crippen molar-refractivity contribution < 1.29 is 4.74 Å². The third kappa shape index (κ3) is 2.41. The number of benzene rings is 1. The lowest BCUT2D eigenvalue weighted by molar-refractivity contribution is 0.0226. The fourth-order valence-electron chi connectivity index (χ4n) is 2.48. The van der Waals surface area contributed by atoms with E-state index >= 15 is 0 Å². The molecule has 1 aliphatic rings. The Hall–Kier alpha value is -1.65. The molecule has 0 bridgehead atoms. The molecule has 0 spiro atoms. The van der Waals surface area contributed by atoms with E-state index in [0.29, 0.717) is 0 Å². The molecule has 3 rings (SSSR count). The Morgan fingerprint density at radius 2 is 2.11 bits per heavy atom. The van der Waals surface area contributed by atoms with Crippen molar-refractivity contribution in [2.24, 2.45) is 0 Å². The highest BCUT2D eigenvalue weighted by Gasteiger charge is 2.21. The van der Waals surface area contributed by atoms with Gasteiger partial charge in [0.1, 0.15) is 11.9 Å². The number of hydrogen-bond acceptors (Lipinski definition) is 3. The summed E-state index contributed by atoms with van der Waals surface area (Å²) < 4.78 is 5.74. The molecule has 1 aromatic heterocycles. The fourth-order valence-corrected chi connectivity index (χ4v) is 2.48. The highest BCUT2D eigenvalue weighted by Crippen LogP contribution is 2.27. The lowest BCUT2D eigenvalue weighted by Crippen LogP contribution is -2.33. The summed E-state index contributed by atoms with van der Waals surface area (Å²) in [6, 6.07) is 8.33. The average molecular weight is 257 g/mol. The lowest BCUT2D eigenvalue weighted by Gasteiger charge is -2.21. The topological polar surface area (TPSA) is 49.9 Å². The standard InChI is InChI=1S/C15H19N3O/c1-10-5-3-4-6-12(10)14-11(2)17-15(18-14)13-9-16-7-8-19-13/h3-6,13,16H,7-9H2,1-2H3,(H,17,18). The van der Waals surface area contributed by atoms with Crippen molar-refractivity contribution in [2.75, 3.05) is 19.7 Å². The van der Waals surface area contributed by atoms with E-state index < -0.39 is 0 Å². The number of hydrogen-bond donors (Lipinski definition) is 2. The van der Waals surface area contributed by atoms with Gasteiger partial charge >= 0.3 is 0 Å². The molecular formula is C15H19N3O. The summed E-state index contributed by atoms with van der Waals surface area (Å²) in [6.45, 7) is 6.65. The number of imidazole rings is 1. The van der Waals surface area contributed by atoms with Crippen LogP contribution in [-0.4, -0.2) is 29.7 Å². The Morgan fingerprint density at radius 1 is 1.26 bits per heavy atom. The summed E-state index contributed by atoms with van der Waals surface area (Å²) in [6.07, 6.45) is 0.0326. The van der Waals surface area contributed by atoms with Gasteiger partial charge in [-0.25, -0.2) is 4.98 Å². The van der Waals surface area contributed by atoms with E-state index in [1.165, 1.54) is 11.1 Å². The lowest BCUT2D eigenvalue weighted by atomic mass is 10.1. The Kier molecular flexibility index (Phi) is 3.36. The van der Waals surface area contributed by atoms with Crippen molar-refractivity contribution in [2.45, 2.75) is 20.0 Å². The van der Waals surface area contributed by atoms with Crippen molar-refractivity contribution in [3.63, 3.8) is 0 Å². The Morgan fingerprint density at radius 3 is 2.84 bits per heavy atom. The molecule has 2 N–H and O–H groups in total. The number of rotatable bonds is 2. The quantitative estimate of drug-likeness (QED) is 0.868. The van der Waals surface area contributed by atoms with E-state index in [2.05, 4.69) is 48.4 Å². The van der Waals surface area contributed by atoms with E-state index in [0.717, 1.165) is 36.9 Å². The van der Waals surface area contributed by atoms with Crippen LogP contribution in [0.4, 0.5) is 0 Å². The largest absolute Gasteiger partial charge is 0.368 e. The third-order valence-corrected chi connectivity index (χ3v) is 3.54. The van der Waals surface area contributed by atoms with Crippen molar-refractivity contribution in [1.29, 1.82) is 0 Å². The minimum Gasteiger partial charge on any atom is -0.368 e. The smallest absolute Gasteiger partial charge is 0.137 e. The molecule has 1 atom stereocenters. The number of aromatic amines is 1. The number of morpholine rings is 1. The molecule has 1 saturated heterocycles. The zero-order valence-corrected chi connectivity index (χ0v) is 11.4. The van der Waals surface area contributed by atoms with Crippen LogP contribution in [-0.2, 0) is 4.74 Å². The number of aromatic nitrogens is 2. The van der Waals surface area contributed by atoms with Crippen molar-refractivity contribution in [3.05, 3.63) is 41.3 Å². The molecule has 0 aliphatic carbocycles. The predicted octanol–water partition coefficient (Wildman–Crippen LogP) is 2.35. The third-order valence-electron chi connectivity index (χ3n) is 3.54. The fraction of sp³-hybridized carbons (Fsp3) is 0.400. The van der Waals surface area contributed by atoms with E-state index in [9.17, 15) is 0 Å². The van der Waals surface area contributed by atoms with E-state index in [4.69, 9.17) is 9.72 Å². The molecule has 4 nitrogen and oxygen atoms in total. The Balaban J connectivity index is 1.95. The number of H-pyrrole nitrogens is 1. The maximum atomic E-state index is 5.74. The first kappa shape index (κ1) is 12.4. The Bertz CT molecular complexity index is 571. The minimum absolute atomic E-state index is 0.0326. The minimum atomic E-state index is 0.0326. The maximum absolute atomic E-state index is 5.74. The molecule has 0 radical (unpaired) electrons. The van der Waals surface area contributed by atoms with Gasteiger partial charge in [0.2, 0.25) is 0 Å². The summed E-state index contributed by atoms with van der Waals surface area (Å²) in [5, 5.41) is 3.33. The van der Waals surface area contributed by atoms with Crippen LogP contribution in [0.1, 0.15) is 23.2 Å². The Labute approximate surface area is 113 Å². The molecule has 1 unspecified atom stereocenters. The number of aryl methyl sites for hydroxylation is 2. The van der Waals surface area contributed by atoms with Gasteiger partial charge in [-0.2, -0.15) is 0 Å². The predicted molar refractivity (Wildman–Crippen MR) is 75.1 cm³/mol. The van der Waals surface area contributed by atoms with Crippen LogP contribution in [0.5, 0.6) is 0 Å². The summed E-state index contributed by atoms with van der Waals surface area (Å²) >= 11 is 0. The van der Waals surface area contributed by atoms with Crippen LogP contribution >= 0.6 is 0 Å². The molecule has 1 fully saturated rings. The van der Waals surface area contributed by atoms with Gasteiger partial charge in [0.05, 0.1) is 12.3 Å². The molecular weight excluding hydrogens is 238 g/mol. The van der Waals surface area contributed by atoms with Crippen LogP contribution in [0, 0.1) is 13.8 Å². The SMILES string of the molecule is Cc1ccccc1-c1nc(C2CNCCO2)[nH]c1C. The van der Waals surface area contributed by atoms with Crippen LogP contribution in [0.15, 0.2) is 24.3 Å². The van der Waals surface area contributed by atoms with E-state index in [1.54, 1.807) is 0 Å². The van der Waals surface area contributed by atoms with E-state index in [-0.39, 0.29) is 6.10 Å². The van der Waals surface area contributed by atoms with Gasteiger partial charge in [0, 0.05) is 24.3 Å². The second-order valence-electron chi connectivity index (χ2n) is 4.97. The van der Waals surface area contributed by atoms with Gasteiger partial charge in [-0.05, 0) is 19.4 Å². The summed E-state index contributed by atoms with van der Waals surface area (Å²) in [5.74, 6) is 0.919. The van der Waals surface area contributed by atoms with Gasteiger partial charge in [0.15, 0.2) is 0 Å². The van der Waals surface area contributed by atoms with Gasteiger partial charge < -0.3 is 15.0 Å². The first-order chi connectivity index (χ1) is 9.25. The zero-order valence-electron chi connectivity index (χ0n) is 11.4. The van der Waals surface area contributed by atoms with Gasteiger partial charge in [-0.1, -0.05) is 24.3 Å². The van der Waals surface area contributed by atoms with Gasteiger partial charge in [0.25, 0.3) is 0 Å². The van der Waals surface area contributed by atoms with E-state index in [1.807, 2.05) is 0 Å². The van der Waals surface area contributed by atoms with Crippen LogP contribution in [0.2, 0.25) is 0 Å². The van der Waals surface area contributed by atoms with Gasteiger partial charge in [-0.3, -0.25) is 0 Å². The van der Waals surface area contributed by atoms with Gasteiger partial charge in [-0.15, -0.1) is 0 Å². The molecule has 19 heavy (non-hydrogen) atoms. The maximum Gasteiger partial charge on any atom is 0.137 e. The molecule has 1 aromatic carbocycles. The first-order valence-corrected chi connectivity index (χ1v) is 6.70. The number of ether oxygens (including phenoxy) is 1. The molecule has 0 saturated carbocycles. The highest BCUT2D eigenvalue weighted by atomic mass is 16.5. The highest BCUT2D eigenvalue weighted by molar-refractivity contribution is 5.65. The van der Waals surface area contributed by atoms with Crippen molar-refractivity contribution in [1.82, 2.24) is 15.3 Å². The number of nitrogens with one attached hydrogen (secondary N) is 2. The first-order valence-electron chi connectivity index (χ1n) is 6.70. The second-order valence-corrected chi connectivity index (χ2v) is 4.97. The monoisotopic (exact) mass is 257 g/mol. The average Bonchev–Trinajstić information content (AvgIpc) is 2.82. The molecule has 2 heterocycles. The van der Waals surface area contributed by atoms with Crippen molar-refractivity contribution in [3.8, 4) is 11.3 Å². The zero-order chi connectivity index (χ0) is 13.2. The summed E-state index contributed by atoms with van der Waals surface area (Å²) in [7, 11) is 0. The number of nitrogens with zero attached hydrogens (tertiary/aromatic N) is 1. The van der Waals surface area contributed by atoms with Crippen molar-refractivity contribution >= 4 is 0 Å². The summed E-state index contributed by atoms with van der Waals surface area (Å²) in [4.78, 5) is 8.11. The molecule has 1 aliphatic heterocycles. The molecule has 100 valence electrons. The molecule has 0 amide bonds. The second kappa shape index (κ2) is 5.15. The molecule has 2 aromatic rings. The van der Waals surface area contributed by atoms with Crippen LogP contribution < -0.4 is 5.32 Å². The van der Waals surface area contributed by atoms with Crippen LogP contribution in [0.25, 0.3) is 11.3 Å². The summed E-state index contributed by atoms with van der Waals surface area (Å²) in [5.41, 5.74) is 4.55. The van der Waals surface area contributed by atoms with Crippen LogP contribution in [0.3, 0.4) is 0 Å². The normalized spacial score (nSPS) is 19.6.